The molecule has 2 rings (SSSR count). The second-order valence-electron chi connectivity index (χ2n) is 4.26. The van der Waals surface area contributed by atoms with Crippen molar-refractivity contribution in [2.24, 2.45) is 0 Å². The number of nitrogen functional groups attached to an aromatic ring is 1. The van der Waals surface area contributed by atoms with E-state index < -0.39 is 5.97 Å². The van der Waals surface area contributed by atoms with Gasteiger partial charge in [-0.15, -0.1) is 0 Å². The van der Waals surface area contributed by atoms with Gasteiger partial charge in [0, 0.05) is 17.5 Å². The van der Waals surface area contributed by atoms with Gasteiger partial charge in [-0.3, -0.25) is 0 Å². The third-order valence-electron chi connectivity index (χ3n) is 2.82. The lowest BCUT2D eigenvalue weighted by molar-refractivity contribution is 0.0526. The Bertz CT molecular complexity index is 637. The minimum Gasteiger partial charge on any atom is -0.462 e. The van der Waals surface area contributed by atoms with Gasteiger partial charge < -0.3 is 15.0 Å². The highest BCUT2D eigenvalue weighted by Crippen LogP contribution is 2.24. The van der Waals surface area contributed by atoms with Crippen molar-refractivity contribution in [1.82, 2.24) is 15.1 Å². The number of hydrogen-bond donors (Lipinski definition) is 1. The van der Waals surface area contributed by atoms with E-state index in [4.69, 9.17) is 15.0 Å². The number of aryl methyl sites for hydroxylation is 2. The van der Waals surface area contributed by atoms with Gasteiger partial charge in [-0.25, -0.2) is 14.8 Å². The van der Waals surface area contributed by atoms with Crippen molar-refractivity contribution in [3.05, 3.63) is 28.8 Å². The molecule has 2 aromatic rings. The Hall–Kier alpha value is -2.09. The molecule has 0 saturated heterocycles. The molecular weight excluding hydrogens is 292 g/mol. The zero-order chi connectivity index (χ0) is 15.4. The fraction of sp³-hybridized carbons (Fsp3) is 0.385. The lowest BCUT2D eigenvalue weighted by Gasteiger charge is -2.05. The highest BCUT2D eigenvalue weighted by Gasteiger charge is 2.15. The standard InChI is InChI=1S/C13H16N4O3S/c1-4-19-12(18)9-5-15-13(16-11(9)14)21-6-10-7(2)17-20-8(10)3/h5H,4,6H2,1-3H3,(H2,14,15,16). The number of rotatable bonds is 5. The summed E-state index contributed by atoms with van der Waals surface area (Å²) in [4.78, 5) is 19.8. The molecule has 0 aliphatic rings. The summed E-state index contributed by atoms with van der Waals surface area (Å²) in [6, 6.07) is 0. The Labute approximate surface area is 126 Å². The summed E-state index contributed by atoms with van der Waals surface area (Å²) in [5, 5.41) is 4.38. The Morgan fingerprint density at radius 3 is 2.81 bits per heavy atom. The molecule has 0 bridgehead atoms. The van der Waals surface area contributed by atoms with Crippen molar-refractivity contribution in [3.63, 3.8) is 0 Å². The summed E-state index contributed by atoms with van der Waals surface area (Å²) in [6.07, 6.45) is 1.38. The van der Waals surface area contributed by atoms with Gasteiger partial charge in [0.1, 0.15) is 17.1 Å². The molecule has 7 nitrogen and oxygen atoms in total. The molecule has 8 heteroatoms. The monoisotopic (exact) mass is 308 g/mol. The number of ether oxygens (including phenoxy) is 1. The van der Waals surface area contributed by atoms with E-state index in [1.54, 1.807) is 6.92 Å². The second-order valence-corrected chi connectivity index (χ2v) is 5.21. The van der Waals surface area contributed by atoms with Gasteiger partial charge in [0.05, 0.1) is 12.3 Å². The van der Waals surface area contributed by atoms with Crippen LogP contribution >= 0.6 is 11.8 Å². The molecule has 0 aliphatic carbocycles. The Kier molecular flexibility index (Phi) is 4.79. The van der Waals surface area contributed by atoms with Crippen LogP contribution in [0, 0.1) is 13.8 Å². The van der Waals surface area contributed by atoms with Gasteiger partial charge in [0.25, 0.3) is 0 Å². The lowest BCUT2D eigenvalue weighted by Crippen LogP contribution is -2.10. The van der Waals surface area contributed by atoms with Crippen molar-refractivity contribution in [3.8, 4) is 0 Å². The predicted molar refractivity (Wildman–Crippen MR) is 77.9 cm³/mol. The maximum absolute atomic E-state index is 11.6. The number of nitrogens with zero attached hydrogens (tertiary/aromatic N) is 3. The van der Waals surface area contributed by atoms with Crippen LogP contribution in [0.3, 0.4) is 0 Å². The van der Waals surface area contributed by atoms with E-state index in [1.807, 2.05) is 13.8 Å². The van der Waals surface area contributed by atoms with E-state index in [1.165, 1.54) is 18.0 Å². The van der Waals surface area contributed by atoms with E-state index in [0.29, 0.717) is 10.9 Å². The van der Waals surface area contributed by atoms with Crippen LogP contribution in [0.1, 0.15) is 34.3 Å². The van der Waals surface area contributed by atoms with E-state index >= 15 is 0 Å². The number of aromatic nitrogens is 3. The SMILES string of the molecule is CCOC(=O)c1cnc(SCc2c(C)noc2C)nc1N. The zero-order valence-electron chi connectivity index (χ0n) is 12.0. The molecule has 0 radical (unpaired) electrons. The number of carbonyl (C=O) groups is 1. The molecule has 0 spiro atoms. The number of esters is 1. The number of thioether (sulfide) groups is 1. The van der Waals surface area contributed by atoms with Crippen LogP contribution in [-0.2, 0) is 10.5 Å². The summed E-state index contributed by atoms with van der Waals surface area (Å²) in [7, 11) is 0. The Morgan fingerprint density at radius 2 is 2.24 bits per heavy atom. The van der Waals surface area contributed by atoms with Crippen molar-refractivity contribution in [1.29, 1.82) is 0 Å². The minimum absolute atomic E-state index is 0.115. The quantitative estimate of drug-likeness (QED) is 0.509. The van der Waals surface area contributed by atoms with Gasteiger partial charge in [0.15, 0.2) is 5.16 Å². The molecule has 0 atom stereocenters. The summed E-state index contributed by atoms with van der Waals surface area (Å²) in [6.45, 7) is 5.74. The van der Waals surface area contributed by atoms with Crippen molar-refractivity contribution >= 4 is 23.5 Å². The first-order valence-electron chi connectivity index (χ1n) is 6.37. The van der Waals surface area contributed by atoms with E-state index in [-0.39, 0.29) is 18.0 Å². The molecule has 112 valence electrons. The van der Waals surface area contributed by atoms with Crippen LogP contribution < -0.4 is 5.73 Å². The summed E-state index contributed by atoms with van der Waals surface area (Å²) in [5.41, 5.74) is 7.80. The van der Waals surface area contributed by atoms with Gasteiger partial charge in [0.2, 0.25) is 0 Å². The van der Waals surface area contributed by atoms with Crippen molar-refractivity contribution in [2.75, 3.05) is 12.3 Å². The van der Waals surface area contributed by atoms with Crippen LogP contribution in [-0.4, -0.2) is 27.7 Å². The molecule has 0 amide bonds. The zero-order valence-corrected chi connectivity index (χ0v) is 12.9. The number of nitrogens with two attached hydrogens (primary N) is 1. The number of carbonyl (C=O) groups excluding carboxylic acids is 1. The fourth-order valence-corrected chi connectivity index (χ4v) is 2.63. The normalized spacial score (nSPS) is 10.6. The maximum Gasteiger partial charge on any atom is 0.343 e. The molecule has 0 fully saturated rings. The minimum atomic E-state index is -0.516. The molecule has 0 unspecified atom stereocenters. The van der Waals surface area contributed by atoms with E-state index in [2.05, 4.69) is 15.1 Å². The molecular formula is C13H16N4O3S. The topological polar surface area (TPSA) is 104 Å². The Morgan fingerprint density at radius 1 is 1.48 bits per heavy atom. The van der Waals surface area contributed by atoms with Crippen LogP contribution in [0.4, 0.5) is 5.82 Å². The second kappa shape index (κ2) is 6.57. The summed E-state index contributed by atoms with van der Waals surface area (Å²) >= 11 is 1.40. The van der Waals surface area contributed by atoms with E-state index in [9.17, 15) is 4.79 Å². The molecule has 21 heavy (non-hydrogen) atoms. The van der Waals surface area contributed by atoms with Gasteiger partial charge in [-0.1, -0.05) is 16.9 Å². The number of anilines is 1. The van der Waals surface area contributed by atoms with Crippen molar-refractivity contribution < 1.29 is 14.1 Å². The van der Waals surface area contributed by atoms with Crippen LogP contribution in [0.25, 0.3) is 0 Å². The fourth-order valence-electron chi connectivity index (χ4n) is 1.66. The highest BCUT2D eigenvalue weighted by atomic mass is 32.2. The summed E-state index contributed by atoms with van der Waals surface area (Å²) in [5.74, 6) is 0.998. The highest BCUT2D eigenvalue weighted by molar-refractivity contribution is 7.98. The predicted octanol–water partition coefficient (Wildman–Crippen LogP) is 2.13. The number of hydrogen-bond acceptors (Lipinski definition) is 8. The molecule has 2 N–H and O–H groups in total. The molecule has 0 saturated carbocycles. The first-order chi connectivity index (χ1) is 10.0. The van der Waals surface area contributed by atoms with Crippen LogP contribution in [0.2, 0.25) is 0 Å². The van der Waals surface area contributed by atoms with E-state index in [0.717, 1.165) is 17.0 Å². The smallest absolute Gasteiger partial charge is 0.343 e. The third kappa shape index (κ3) is 3.52. The molecule has 0 aromatic carbocycles. The average molecular weight is 308 g/mol. The van der Waals surface area contributed by atoms with Gasteiger partial charge in [-0.05, 0) is 20.8 Å². The summed E-state index contributed by atoms with van der Waals surface area (Å²) < 4.78 is 9.97. The molecule has 0 aliphatic heterocycles. The first kappa shape index (κ1) is 15.3. The first-order valence-corrected chi connectivity index (χ1v) is 7.35. The Balaban J connectivity index is 2.09. The largest absolute Gasteiger partial charge is 0.462 e. The lowest BCUT2D eigenvalue weighted by atomic mass is 10.2. The molecule has 2 heterocycles. The van der Waals surface area contributed by atoms with Crippen LogP contribution in [0.5, 0.6) is 0 Å². The third-order valence-corrected chi connectivity index (χ3v) is 3.71. The van der Waals surface area contributed by atoms with Gasteiger partial charge >= 0.3 is 5.97 Å². The van der Waals surface area contributed by atoms with Gasteiger partial charge in [-0.2, -0.15) is 0 Å². The maximum atomic E-state index is 11.6. The average Bonchev–Trinajstić information content (AvgIpc) is 2.76. The van der Waals surface area contributed by atoms with Crippen LogP contribution in [0.15, 0.2) is 15.9 Å². The van der Waals surface area contributed by atoms with Crippen molar-refractivity contribution in [2.45, 2.75) is 31.7 Å². The molecule has 2 aromatic heterocycles.